The Hall–Kier alpha value is -1.98. The highest BCUT2D eigenvalue weighted by atomic mass is 35.5. The lowest BCUT2D eigenvalue weighted by Crippen LogP contribution is -1.88. The van der Waals surface area contributed by atoms with E-state index in [9.17, 15) is 0 Å². The molecule has 0 amide bonds. The summed E-state index contributed by atoms with van der Waals surface area (Å²) in [6.45, 7) is 0. The van der Waals surface area contributed by atoms with E-state index < -0.39 is 0 Å². The molecule has 2 aromatic rings. The number of para-hydroxylation sites is 2. The van der Waals surface area contributed by atoms with Gasteiger partial charge in [0.2, 0.25) is 0 Å². The van der Waals surface area contributed by atoms with Gasteiger partial charge in [-0.05, 0) is 24.3 Å². The Morgan fingerprint density at radius 2 is 1.75 bits per heavy atom. The van der Waals surface area contributed by atoms with Crippen molar-refractivity contribution in [1.82, 2.24) is 0 Å². The highest BCUT2D eigenvalue weighted by molar-refractivity contribution is 6.32. The van der Waals surface area contributed by atoms with E-state index in [2.05, 4.69) is 0 Å². The summed E-state index contributed by atoms with van der Waals surface area (Å²) in [4.78, 5) is 0. The minimum atomic E-state index is 0.401. The Bertz CT molecular complexity index is 531. The zero-order valence-corrected chi connectivity index (χ0v) is 9.11. The summed E-state index contributed by atoms with van der Waals surface area (Å²) in [6.07, 6.45) is 0. The smallest absolute Gasteiger partial charge is 0.163 e. The molecule has 0 radical (unpaired) electrons. The van der Waals surface area contributed by atoms with Gasteiger partial charge in [0.15, 0.2) is 5.75 Å². The monoisotopic (exact) mass is 229 g/mol. The third-order valence-corrected chi connectivity index (χ3v) is 2.35. The van der Waals surface area contributed by atoms with Crippen LogP contribution in [0, 0.1) is 11.3 Å². The van der Waals surface area contributed by atoms with Crippen molar-refractivity contribution in [1.29, 1.82) is 5.26 Å². The van der Waals surface area contributed by atoms with Gasteiger partial charge in [0.1, 0.15) is 11.8 Å². The van der Waals surface area contributed by atoms with Crippen molar-refractivity contribution in [2.24, 2.45) is 0 Å². The molecule has 0 atom stereocenters. The van der Waals surface area contributed by atoms with Crippen molar-refractivity contribution >= 4 is 11.6 Å². The predicted molar refractivity (Wildman–Crippen MR) is 62.7 cm³/mol. The third kappa shape index (κ3) is 2.16. The van der Waals surface area contributed by atoms with Crippen molar-refractivity contribution in [3.8, 4) is 17.6 Å². The number of benzene rings is 2. The lowest BCUT2D eigenvalue weighted by atomic mass is 10.2. The van der Waals surface area contributed by atoms with Gasteiger partial charge in [-0.25, -0.2) is 0 Å². The van der Waals surface area contributed by atoms with Crippen LogP contribution in [0.25, 0.3) is 0 Å². The van der Waals surface area contributed by atoms with E-state index in [0.29, 0.717) is 22.1 Å². The molecule has 0 N–H and O–H groups in total. The number of ether oxygens (including phenoxy) is 1. The topological polar surface area (TPSA) is 33.0 Å². The maximum absolute atomic E-state index is 8.93. The number of nitrogens with zero attached hydrogens (tertiary/aromatic N) is 1. The van der Waals surface area contributed by atoms with Crippen molar-refractivity contribution in [2.45, 2.75) is 0 Å². The van der Waals surface area contributed by atoms with E-state index >= 15 is 0 Å². The fourth-order valence-electron chi connectivity index (χ4n) is 1.31. The Balaban J connectivity index is 2.39. The van der Waals surface area contributed by atoms with Gasteiger partial charge in [-0.2, -0.15) is 5.26 Å². The van der Waals surface area contributed by atoms with E-state index in [1.807, 2.05) is 36.4 Å². The number of hydrogen-bond acceptors (Lipinski definition) is 2. The first-order chi connectivity index (χ1) is 7.81. The van der Waals surface area contributed by atoms with Gasteiger partial charge in [0.05, 0.1) is 10.6 Å². The van der Waals surface area contributed by atoms with Gasteiger partial charge < -0.3 is 4.74 Å². The van der Waals surface area contributed by atoms with Crippen LogP contribution in [-0.4, -0.2) is 0 Å². The van der Waals surface area contributed by atoms with Crippen molar-refractivity contribution in [3.05, 3.63) is 59.1 Å². The molecule has 0 aliphatic carbocycles. The summed E-state index contributed by atoms with van der Waals surface area (Å²) in [6, 6.07) is 16.4. The van der Waals surface area contributed by atoms with Gasteiger partial charge in [0, 0.05) is 0 Å². The van der Waals surface area contributed by atoms with Crippen LogP contribution in [0.3, 0.4) is 0 Å². The van der Waals surface area contributed by atoms with Crippen molar-refractivity contribution in [3.63, 3.8) is 0 Å². The number of hydrogen-bond donors (Lipinski definition) is 0. The summed E-state index contributed by atoms with van der Waals surface area (Å²) in [5.41, 5.74) is 0.427. The summed E-state index contributed by atoms with van der Waals surface area (Å²) >= 11 is 5.98. The second kappa shape index (κ2) is 4.69. The van der Waals surface area contributed by atoms with Gasteiger partial charge in [-0.15, -0.1) is 0 Å². The molecule has 0 aliphatic heterocycles. The molecule has 3 heteroatoms. The second-order valence-corrected chi connectivity index (χ2v) is 3.55. The quantitative estimate of drug-likeness (QED) is 0.780. The standard InChI is InChI=1S/C13H8ClNO/c14-12-8-4-5-10(9-15)13(12)16-11-6-2-1-3-7-11/h1-8H. The summed E-state index contributed by atoms with van der Waals surface area (Å²) in [7, 11) is 0. The molecule has 0 saturated carbocycles. The number of halogens is 1. The lowest BCUT2D eigenvalue weighted by molar-refractivity contribution is 0.481. The molecule has 0 saturated heterocycles. The number of nitriles is 1. The first kappa shape index (κ1) is 10.5. The average molecular weight is 230 g/mol. The van der Waals surface area contributed by atoms with Crippen LogP contribution < -0.4 is 4.74 Å². The maximum atomic E-state index is 8.93. The Morgan fingerprint density at radius 1 is 1.00 bits per heavy atom. The third-order valence-electron chi connectivity index (χ3n) is 2.05. The molecular weight excluding hydrogens is 222 g/mol. The van der Waals surface area contributed by atoms with Crippen LogP contribution in [-0.2, 0) is 0 Å². The molecule has 0 fully saturated rings. The first-order valence-corrected chi connectivity index (χ1v) is 5.10. The minimum Gasteiger partial charge on any atom is -0.454 e. The minimum absolute atomic E-state index is 0.401. The van der Waals surface area contributed by atoms with Crippen LogP contribution in [0.2, 0.25) is 5.02 Å². The van der Waals surface area contributed by atoms with Crippen molar-refractivity contribution in [2.75, 3.05) is 0 Å². The average Bonchev–Trinajstić information content (AvgIpc) is 2.33. The van der Waals surface area contributed by atoms with Crippen molar-refractivity contribution < 1.29 is 4.74 Å². The van der Waals surface area contributed by atoms with Gasteiger partial charge in [0.25, 0.3) is 0 Å². The zero-order chi connectivity index (χ0) is 11.4. The Morgan fingerprint density at radius 3 is 2.44 bits per heavy atom. The highest BCUT2D eigenvalue weighted by Gasteiger charge is 2.08. The first-order valence-electron chi connectivity index (χ1n) is 4.73. The molecular formula is C13H8ClNO. The molecule has 0 spiro atoms. The summed E-state index contributed by atoms with van der Waals surface area (Å²) < 4.78 is 5.58. The molecule has 78 valence electrons. The van der Waals surface area contributed by atoms with E-state index in [0.717, 1.165) is 0 Å². The van der Waals surface area contributed by atoms with E-state index in [1.54, 1.807) is 18.2 Å². The molecule has 0 aromatic heterocycles. The maximum Gasteiger partial charge on any atom is 0.163 e. The number of rotatable bonds is 2. The predicted octanol–water partition coefficient (Wildman–Crippen LogP) is 4.00. The Kier molecular flexibility index (Phi) is 3.09. The second-order valence-electron chi connectivity index (χ2n) is 3.14. The largest absolute Gasteiger partial charge is 0.454 e. The highest BCUT2D eigenvalue weighted by Crippen LogP contribution is 2.32. The van der Waals surface area contributed by atoms with Crippen LogP contribution in [0.15, 0.2) is 48.5 Å². The van der Waals surface area contributed by atoms with Gasteiger partial charge >= 0.3 is 0 Å². The zero-order valence-electron chi connectivity index (χ0n) is 8.35. The molecule has 0 heterocycles. The normalized spacial score (nSPS) is 9.50. The molecule has 2 nitrogen and oxygen atoms in total. The SMILES string of the molecule is N#Cc1cccc(Cl)c1Oc1ccccc1. The molecule has 0 bridgehead atoms. The van der Waals surface area contributed by atoms with E-state index in [-0.39, 0.29) is 0 Å². The van der Waals surface area contributed by atoms with Crippen LogP contribution in [0.4, 0.5) is 0 Å². The lowest BCUT2D eigenvalue weighted by Gasteiger charge is -2.08. The molecule has 16 heavy (non-hydrogen) atoms. The van der Waals surface area contributed by atoms with E-state index in [1.165, 1.54) is 0 Å². The van der Waals surface area contributed by atoms with E-state index in [4.69, 9.17) is 21.6 Å². The van der Waals surface area contributed by atoms with Crippen LogP contribution in [0.5, 0.6) is 11.5 Å². The molecule has 2 rings (SSSR count). The van der Waals surface area contributed by atoms with Crippen LogP contribution >= 0.6 is 11.6 Å². The fourth-order valence-corrected chi connectivity index (χ4v) is 1.52. The fraction of sp³-hybridized carbons (Fsp3) is 0. The molecule has 0 unspecified atom stereocenters. The van der Waals surface area contributed by atoms with Gasteiger partial charge in [-0.1, -0.05) is 35.9 Å². The summed E-state index contributed by atoms with van der Waals surface area (Å²) in [5, 5.41) is 9.37. The molecule has 0 aliphatic rings. The summed E-state index contributed by atoms with van der Waals surface area (Å²) in [5.74, 6) is 1.06. The van der Waals surface area contributed by atoms with Gasteiger partial charge in [-0.3, -0.25) is 0 Å². The van der Waals surface area contributed by atoms with Crippen LogP contribution in [0.1, 0.15) is 5.56 Å². The Labute approximate surface area is 98.7 Å². The molecule has 2 aromatic carbocycles.